The fraction of sp³-hybridized carbons (Fsp3) is 0.217. The SMILES string of the molecule is CCOc1cc(CNc2ccc(S(N)(=O)=O)cc2)cc(Cl)c1OCc1ccccc1C. The van der Waals surface area contributed by atoms with E-state index < -0.39 is 10.0 Å². The average molecular weight is 461 g/mol. The van der Waals surface area contributed by atoms with Gasteiger partial charge in [-0.2, -0.15) is 0 Å². The predicted molar refractivity (Wildman–Crippen MR) is 123 cm³/mol. The van der Waals surface area contributed by atoms with Crippen LogP contribution in [0.2, 0.25) is 5.02 Å². The topological polar surface area (TPSA) is 90.6 Å². The third-order valence-electron chi connectivity index (χ3n) is 4.68. The van der Waals surface area contributed by atoms with Crippen LogP contribution < -0.4 is 19.9 Å². The van der Waals surface area contributed by atoms with Gasteiger partial charge in [-0.1, -0.05) is 35.9 Å². The van der Waals surface area contributed by atoms with Gasteiger partial charge < -0.3 is 14.8 Å². The van der Waals surface area contributed by atoms with Crippen molar-refractivity contribution in [1.29, 1.82) is 0 Å². The lowest BCUT2D eigenvalue weighted by Gasteiger charge is -2.16. The number of nitrogens with one attached hydrogen (secondary N) is 1. The Kier molecular flexibility index (Phi) is 7.43. The summed E-state index contributed by atoms with van der Waals surface area (Å²) in [6.07, 6.45) is 0. The number of rotatable bonds is 9. The Balaban J connectivity index is 1.74. The van der Waals surface area contributed by atoms with Crippen LogP contribution in [0.5, 0.6) is 11.5 Å². The molecule has 0 bridgehead atoms. The van der Waals surface area contributed by atoms with Crippen LogP contribution in [-0.2, 0) is 23.2 Å². The first-order valence-corrected chi connectivity index (χ1v) is 11.7. The number of halogens is 1. The van der Waals surface area contributed by atoms with Crippen molar-refractivity contribution in [2.45, 2.75) is 31.9 Å². The third kappa shape index (κ3) is 6.13. The van der Waals surface area contributed by atoms with Crippen LogP contribution in [-0.4, -0.2) is 15.0 Å². The van der Waals surface area contributed by atoms with E-state index in [2.05, 4.69) is 5.32 Å². The molecular formula is C23H25ClN2O4S. The van der Waals surface area contributed by atoms with Crippen LogP contribution in [0.25, 0.3) is 0 Å². The number of primary sulfonamides is 1. The fourth-order valence-corrected chi connectivity index (χ4v) is 3.82. The van der Waals surface area contributed by atoms with E-state index in [1.54, 1.807) is 12.1 Å². The average Bonchev–Trinajstić information content (AvgIpc) is 2.73. The molecule has 0 unspecified atom stereocenters. The van der Waals surface area contributed by atoms with Crippen molar-refractivity contribution in [2.75, 3.05) is 11.9 Å². The van der Waals surface area contributed by atoms with E-state index in [9.17, 15) is 8.42 Å². The molecule has 0 heterocycles. The molecule has 0 saturated heterocycles. The molecule has 3 aromatic rings. The Morgan fingerprint density at radius 2 is 1.74 bits per heavy atom. The Hall–Kier alpha value is -2.74. The van der Waals surface area contributed by atoms with E-state index in [1.165, 1.54) is 12.1 Å². The molecule has 0 fully saturated rings. The molecule has 31 heavy (non-hydrogen) atoms. The van der Waals surface area contributed by atoms with Crippen molar-refractivity contribution in [3.05, 3.63) is 82.4 Å². The summed E-state index contributed by atoms with van der Waals surface area (Å²) in [5.41, 5.74) is 3.87. The largest absolute Gasteiger partial charge is 0.490 e. The summed E-state index contributed by atoms with van der Waals surface area (Å²) in [7, 11) is -3.71. The number of benzene rings is 3. The lowest BCUT2D eigenvalue weighted by atomic mass is 10.1. The minimum absolute atomic E-state index is 0.0647. The summed E-state index contributed by atoms with van der Waals surface area (Å²) in [4.78, 5) is 0.0647. The molecule has 0 amide bonds. The second-order valence-electron chi connectivity index (χ2n) is 6.98. The van der Waals surface area contributed by atoms with Crippen LogP contribution in [0.1, 0.15) is 23.6 Å². The van der Waals surface area contributed by atoms with E-state index in [1.807, 2.05) is 50.2 Å². The summed E-state index contributed by atoms with van der Waals surface area (Å²) < 4.78 is 34.5. The molecule has 164 valence electrons. The Labute approximate surface area is 188 Å². The van der Waals surface area contributed by atoms with Gasteiger partial charge in [0.1, 0.15) is 6.61 Å². The van der Waals surface area contributed by atoms with E-state index >= 15 is 0 Å². The Bertz CT molecular complexity index is 1150. The Morgan fingerprint density at radius 3 is 2.39 bits per heavy atom. The molecule has 0 saturated carbocycles. The van der Waals surface area contributed by atoms with Crippen molar-refractivity contribution in [3.63, 3.8) is 0 Å². The first-order chi connectivity index (χ1) is 14.8. The van der Waals surface area contributed by atoms with Gasteiger partial charge in [0.25, 0.3) is 0 Å². The molecule has 8 heteroatoms. The summed E-state index contributed by atoms with van der Waals surface area (Å²) in [6.45, 7) is 5.26. The molecule has 0 aliphatic carbocycles. The molecule has 0 radical (unpaired) electrons. The lowest BCUT2D eigenvalue weighted by molar-refractivity contribution is 0.269. The molecule has 0 aliphatic rings. The first kappa shape index (κ1) is 22.9. The highest BCUT2D eigenvalue weighted by Gasteiger charge is 2.14. The van der Waals surface area contributed by atoms with E-state index in [0.717, 1.165) is 22.4 Å². The lowest BCUT2D eigenvalue weighted by Crippen LogP contribution is -2.12. The van der Waals surface area contributed by atoms with Gasteiger partial charge in [-0.25, -0.2) is 13.6 Å². The van der Waals surface area contributed by atoms with Gasteiger partial charge in [-0.3, -0.25) is 0 Å². The molecule has 3 rings (SSSR count). The van der Waals surface area contributed by atoms with E-state index in [4.69, 9.17) is 26.2 Å². The smallest absolute Gasteiger partial charge is 0.238 e. The van der Waals surface area contributed by atoms with Crippen LogP contribution in [0.4, 0.5) is 5.69 Å². The summed E-state index contributed by atoms with van der Waals surface area (Å²) in [5, 5.41) is 8.82. The van der Waals surface area contributed by atoms with Crippen LogP contribution in [0.3, 0.4) is 0 Å². The van der Waals surface area contributed by atoms with E-state index in [-0.39, 0.29) is 4.90 Å². The van der Waals surface area contributed by atoms with Gasteiger partial charge in [0.2, 0.25) is 10.0 Å². The number of ether oxygens (including phenoxy) is 2. The molecule has 0 aliphatic heterocycles. The van der Waals surface area contributed by atoms with Crippen LogP contribution in [0, 0.1) is 6.92 Å². The summed E-state index contributed by atoms with van der Waals surface area (Å²) in [5.74, 6) is 1.08. The number of hydrogen-bond donors (Lipinski definition) is 2. The van der Waals surface area contributed by atoms with Gasteiger partial charge in [-0.15, -0.1) is 0 Å². The molecular weight excluding hydrogens is 436 g/mol. The highest BCUT2D eigenvalue weighted by atomic mass is 35.5. The van der Waals surface area contributed by atoms with E-state index in [0.29, 0.717) is 36.3 Å². The normalized spacial score (nSPS) is 11.2. The maximum atomic E-state index is 11.4. The maximum Gasteiger partial charge on any atom is 0.238 e. The Morgan fingerprint density at radius 1 is 1.03 bits per heavy atom. The number of aryl methyl sites for hydroxylation is 1. The zero-order chi connectivity index (χ0) is 22.4. The van der Waals surface area contributed by atoms with Gasteiger partial charge in [0.05, 0.1) is 16.5 Å². The maximum absolute atomic E-state index is 11.4. The highest BCUT2D eigenvalue weighted by Crippen LogP contribution is 2.37. The number of anilines is 1. The quantitative estimate of drug-likeness (QED) is 0.474. The highest BCUT2D eigenvalue weighted by molar-refractivity contribution is 7.89. The number of sulfonamides is 1. The minimum Gasteiger partial charge on any atom is -0.490 e. The van der Waals surface area contributed by atoms with Crippen molar-refractivity contribution in [2.24, 2.45) is 5.14 Å². The zero-order valence-electron chi connectivity index (χ0n) is 17.4. The summed E-state index contributed by atoms with van der Waals surface area (Å²) >= 11 is 6.52. The molecule has 0 aromatic heterocycles. The standard InChI is InChI=1S/C23H25ClN2O4S/c1-3-29-22-13-17(14-26-19-8-10-20(11-9-19)31(25,27)28)12-21(24)23(22)30-15-18-7-5-4-6-16(18)2/h4-13,26H,3,14-15H2,1-2H3,(H2,25,27,28). The molecule has 6 nitrogen and oxygen atoms in total. The van der Waals surface area contributed by atoms with Crippen LogP contribution in [0.15, 0.2) is 65.6 Å². The molecule has 3 N–H and O–H groups in total. The predicted octanol–water partition coefficient (Wildman–Crippen LogP) is 4.89. The molecule has 0 atom stereocenters. The molecule has 3 aromatic carbocycles. The van der Waals surface area contributed by atoms with Gasteiger partial charge >= 0.3 is 0 Å². The second kappa shape index (κ2) is 10.0. The first-order valence-electron chi connectivity index (χ1n) is 9.77. The van der Waals surface area contributed by atoms with Crippen molar-refractivity contribution in [1.82, 2.24) is 0 Å². The number of nitrogens with two attached hydrogens (primary N) is 1. The second-order valence-corrected chi connectivity index (χ2v) is 8.94. The van der Waals surface area contributed by atoms with Crippen LogP contribution >= 0.6 is 11.6 Å². The minimum atomic E-state index is -3.71. The number of hydrogen-bond acceptors (Lipinski definition) is 5. The van der Waals surface area contributed by atoms with Gasteiger partial charge in [0, 0.05) is 12.2 Å². The van der Waals surface area contributed by atoms with Crippen molar-refractivity contribution >= 4 is 27.3 Å². The zero-order valence-corrected chi connectivity index (χ0v) is 19.0. The van der Waals surface area contributed by atoms with Gasteiger partial charge in [0.15, 0.2) is 11.5 Å². The van der Waals surface area contributed by atoms with Gasteiger partial charge in [-0.05, 0) is 66.9 Å². The fourth-order valence-electron chi connectivity index (χ4n) is 3.02. The summed E-state index contributed by atoms with van der Waals surface area (Å²) in [6, 6.07) is 17.9. The molecule has 0 spiro atoms. The third-order valence-corrected chi connectivity index (χ3v) is 5.89. The van der Waals surface area contributed by atoms with Crippen molar-refractivity contribution < 1.29 is 17.9 Å². The van der Waals surface area contributed by atoms with Crippen molar-refractivity contribution in [3.8, 4) is 11.5 Å². The monoisotopic (exact) mass is 460 g/mol.